The molecule has 1 aromatic carbocycles. The topological polar surface area (TPSA) is 59.8 Å². The summed E-state index contributed by atoms with van der Waals surface area (Å²) in [6.07, 6.45) is -5.43. The Morgan fingerprint density at radius 2 is 1.86 bits per heavy atom. The van der Waals surface area contributed by atoms with Crippen LogP contribution in [0.25, 0.3) is 6.08 Å². The summed E-state index contributed by atoms with van der Waals surface area (Å²) in [7, 11) is 0. The summed E-state index contributed by atoms with van der Waals surface area (Å²) in [5.74, 6) is -2.29. The van der Waals surface area contributed by atoms with E-state index in [2.05, 4.69) is 15.4 Å². The first-order valence-electron chi connectivity index (χ1n) is 10.6. The molecule has 2 heterocycles. The Labute approximate surface area is 202 Å². The van der Waals surface area contributed by atoms with E-state index >= 15 is 0 Å². The number of allylic oxidation sites excluding steroid dienone is 1. The van der Waals surface area contributed by atoms with Crippen LogP contribution in [-0.4, -0.2) is 26.8 Å². The van der Waals surface area contributed by atoms with Crippen molar-refractivity contribution < 1.29 is 26.7 Å². The first-order valence-corrected chi connectivity index (χ1v) is 11.0. The van der Waals surface area contributed by atoms with E-state index in [-0.39, 0.29) is 27.7 Å². The number of fused-ring (bicyclic) bond motifs is 1. The number of nitrogens with one attached hydrogen (secondary N) is 1. The molecule has 4 rings (SSSR count). The van der Waals surface area contributed by atoms with Gasteiger partial charge in [-0.3, -0.25) is 9.48 Å². The molecule has 0 fully saturated rings. The first-order chi connectivity index (χ1) is 16.4. The maximum absolute atomic E-state index is 14.4. The molecular weight excluding hydrogens is 491 g/mol. The summed E-state index contributed by atoms with van der Waals surface area (Å²) in [6.45, 7) is 4.98. The standard InChI is InChI=1S/C24H20ClF5N4O/c1-11-20(27)18(25)8-16-17(9-19(24(28,29)30)31-21(11)16)23(35)32-22-12(2)33-34(13(22)3)10-14-4-6-15(26)7-5-14/h4-9,11,20H,10H2,1-3H3,(H,32,35). The monoisotopic (exact) mass is 510 g/mol. The van der Waals surface area contributed by atoms with E-state index < -0.39 is 29.9 Å². The number of aryl methyl sites for hydroxylation is 1. The average Bonchev–Trinajstić information content (AvgIpc) is 3.05. The lowest BCUT2D eigenvalue weighted by atomic mass is 9.88. The number of carbonyl (C=O) groups is 1. The summed E-state index contributed by atoms with van der Waals surface area (Å²) in [5.41, 5.74) is 0.281. The number of nitrogens with zero attached hydrogens (tertiary/aromatic N) is 3. The minimum atomic E-state index is -4.84. The Bertz CT molecular complexity index is 1330. The third-order valence-corrected chi connectivity index (χ3v) is 6.22. The lowest BCUT2D eigenvalue weighted by molar-refractivity contribution is -0.141. The maximum Gasteiger partial charge on any atom is 0.433 e. The van der Waals surface area contributed by atoms with Gasteiger partial charge in [-0.25, -0.2) is 13.8 Å². The molecule has 0 saturated carbocycles. The van der Waals surface area contributed by atoms with E-state index in [1.54, 1.807) is 30.7 Å². The number of aromatic nitrogens is 3. The second-order valence-electron chi connectivity index (χ2n) is 8.36. The molecule has 5 nitrogen and oxygen atoms in total. The molecule has 1 aliphatic carbocycles. The zero-order valence-electron chi connectivity index (χ0n) is 18.8. The largest absolute Gasteiger partial charge is 0.433 e. The Morgan fingerprint density at radius 1 is 1.20 bits per heavy atom. The van der Waals surface area contributed by atoms with Crippen molar-refractivity contribution in [1.82, 2.24) is 14.8 Å². The lowest BCUT2D eigenvalue weighted by Gasteiger charge is -2.25. The van der Waals surface area contributed by atoms with Gasteiger partial charge in [0.2, 0.25) is 0 Å². The van der Waals surface area contributed by atoms with Gasteiger partial charge in [-0.1, -0.05) is 30.7 Å². The summed E-state index contributed by atoms with van der Waals surface area (Å²) < 4.78 is 69.8. The predicted octanol–water partition coefficient (Wildman–Crippen LogP) is 6.39. The lowest BCUT2D eigenvalue weighted by Crippen LogP contribution is -2.25. The number of benzene rings is 1. The van der Waals surface area contributed by atoms with Gasteiger partial charge in [0.15, 0.2) is 0 Å². The number of halogens is 6. The average molecular weight is 511 g/mol. The van der Waals surface area contributed by atoms with Crippen LogP contribution < -0.4 is 5.32 Å². The number of rotatable bonds is 4. The number of amides is 1. The number of alkyl halides is 4. The maximum atomic E-state index is 14.4. The van der Waals surface area contributed by atoms with Crippen LogP contribution in [0, 0.1) is 19.7 Å². The number of carbonyl (C=O) groups excluding carboxylic acids is 1. The van der Waals surface area contributed by atoms with E-state index in [0.717, 1.165) is 11.6 Å². The zero-order valence-corrected chi connectivity index (χ0v) is 19.6. The van der Waals surface area contributed by atoms with Crippen molar-refractivity contribution in [1.29, 1.82) is 0 Å². The van der Waals surface area contributed by atoms with Crippen molar-refractivity contribution in [3.8, 4) is 0 Å². The molecule has 2 atom stereocenters. The highest BCUT2D eigenvalue weighted by Crippen LogP contribution is 2.40. The van der Waals surface area contributed by atoms with Gasteiger partial charge in [-0.05, 0) is 43.7 Å². The van der Waals surface area contributed by atoms with E-state index in [1.165, 1.54) is 19.1 Å². The molecule has 0 bridgehead atoms. The number of anilines is 1. The fourth-order valence-corrected chi connectivity index (χ4v) is 4.27. The van der Waals surface area contributed by atoms with Crippen LogP contribution in [0.2, 0.25) is 0 Å². The molecule has 35 heavy (non-hydrogen) atoms. The molecule has 0 saturated heterocycles. The normalized spacial score (nSPS) is 17.7. The van der Waals surface area contributed by atoms with Gasteiger partial charge in [0.05, 0.1) is 39.9 Å². The van der Waals surface area contributed by atoms with Gasteiger partial charge < -0.3 is 5.32 Å². The Hall–Kier alpha value is -3.27. The highest BCUT2D eigenvalue weighted by Gasteiger charge is 2.38. The smallest absolute Gasteiger partial charge is 0.319 e. The number of pyridine rings is 1. The summed E-state index contributed by atoms with van der Waals surface area (Å²) in [6, 6.07) is 6.46. The number of hydrogen-bond acceptors (Lipinski definition) is 3. The molecule has 2 aromatic heterocycles. The van der Waals surface area contributed by atoms with E-state index in [0.29, 0.717) is 29.7 Å². The van der Waals surface area contributed by atoms with Crippen molar-refractivity contribution in [2.45, 2.75) is 45.6 Å². The molecule has 184 valence electrons. The van der Waals surface area contributed by atoms with Crippen LogP contribution in [0.3, 0.4) is 0 Å². The fourth-order valence-electron chi connectivity index (χ4n) is 3.98. The third kappa shape index (κ3) is 4.80. The van der Waals surface area contributed by atoms with Crippen LogP contribution in [-0.2, 0) is 12.7 Å². The SMILES string of the molecule is Cc1nn(Cc2ccc(F)cc2)c(C)c1NC(=O)c1cc(C(F)(F)F)nc2c1C=C(Cl)C(F)C2C. The van der Waals surface area contributed by atoms with Gasteiger partial charge in [-0.15, -0.1) is 0 Å². The quantitative estimate of drug-likeness (QED) is 0.414. The first kappa shape index (κ1) is 24.8. The Kier molecular flexibility index (Phi) is 6.44. The predicted molar refractivity (Wildman–Crippen MR) is 122 cm³/mol. The highest BCUT2D eigenvalue weighted by molar-refractivity contribution is 6.32. The molecular formula is C24H20ClF5N4O. The third-order valence-electron chi connectivity index (χ3n) is 5.90. The van der Waals surface area contributed by atoms with Crippen LogP contribution >= 0.6 is 11.6 Å². The molecule has 2 unspecified atom stereocenters. The van der Waals surface area contributed by atoms with Gasteiger partial charge in [0.25, 0.3) is 5.91 Å². The van der Waals surface area contributed by atoms with Crippen molar-refractivity contribution in [2.24, 2.45) is 0 Å². The Morgan fingerprint density at radius 3 is 2.49 bits per heavy atom. The minimum Gasteiger partial charge on any atom is -0.319 e. The summed E-state index contributed by atoms with van der Waals surface area (Å²) >= 11 is 5.96. The van der Waals surface area contributed by atoms with E-state index in [1.807, 2.05) is 0 Å². The molecule has 0 radical (unpaired) electrons. The molecule has 1 N–H and O–H groups in total. The van der Waals surface area contributed by atoms with E-state index in [9.17, 15) is 26.7 Å². The second kappa shape index (κ2) is 9.07. The van der Waals surface area contributed by atoms with Crippen molar-refractivity contribution >= 4 is 29.3 Å². The summed E-state index contributed by atoms with van der Waals surface area (Å²) in [5, 5.41) is 6.80. The highest BCUT2D eigenvalue weighted by atomic mass is 35.5. The van der Waals surface area contributed by atoms with Gasteiger partial charge in [-0.2, -0.15) is 18.3 Å². The van der Waals surface area contributed by atoms with E-state index in [4.69, 9.17) is 11.6 Å². The zero-order chi connectivity index (χ0) is 25.7. The molecule has 1 amide bonds. The number of hydrogen-bond donors (Lipinski definition) is 1. The van der Waals surface area contributed by atoms with Gasteiger partial charge in [0, 0.05) is 11.5 Å². The second-order valence-corrected chi connectivity index (χ2v) is 8.79. The van der Waals surface area contributed by atoms with Gasteiger partial charge in [0.1, 0.15) is 17.7 Å². The fraction of sp³-hybridized carbons (Fsp3) is 0.292. The van der Waals surface area contributed by atoms with Crippen LogP contribution in [0.1, 0.15) is 57.1 Å². The van der Waals surface area contributed by atoms with Gasteiger partial charge >= 0.3 is 6.18 Å². The van der Waals surface area contributed by atoms with Crippen LogP contribution in [0.5, 0.6) is 0 Å². The molecule has 11 heteroatoms. The van der Waals surface area contributed by atoms with Crippen molar-refractivity contribution in [2.75, 3.05) is 5.32 Å². The molecule has 0 aliphatic heterocycles. The molecule has 1 aliphatic rings. The Balaban J connectivity index is 1.72. The summed E-state index contributed by atoms with van der Waals surface area (Å²) in [4.78, 5) is 16.8. The van der Waals surface area contributed by atoms with Crippen LogP contribution in [0.4, 0.5) is 27.6 Å². The van der Waals surface area contributed by atoms with Crippen LogP contribution in [0.15, 0.2) is 35.4 Å². The molecule has 3 aromatic rings. The van der Waals surface area contributed by atoms with Crippen molar-refractivity contribution in [3.63, 3.8) is 0 Å². The van der Waals surface area contributed by atoms with Crippen molar-refractivity contribution in [3.05, 3.63) is 80.6 Å². The molecule has 0 spiro atoms. The minimum absolute atomic E-state index is 0.0379.